The molecular weight excluding hydrogens is 596 g/mol. The third-order valence-electron chi connectivity index (χ3n) is 10.5. The van der Waals surface area contributed by atoms with Crippen molar-refractivity contribution >= 4 is 38.9 Å². The number of nitrogens with one attached hydrogen (secondary N) is 2. The van der Waals surface area contributed by atoms with Gasteiger partial charge in [-0.3, -0.25) is 14.6 Å². The molecule has 1 amide bonds. The summed E-state index contributed by atoms with van der Waals surface area (Å²) in [7, 11) is 3.58. The second-order valence-electron chi connectivity index (χ2n) is 13.3. The molecule has 0 spiro atoms. The van der Waals surface area contributed by atoms with Gasteiger partial charge in [-0.15, -0.1) is 0 Å². The van der Waals surface area contributed by atoms with Crippen LogP contribution in [0.3, 0.4) is 0 Å². The van der Waals surface area contributed by atoms with Crippen molar-refractivity contribution in [2.24, 2.45) is 24.6 Å². The molecule has 3 aliphatic rings. The van der Waals surface area contributed by atoms with Gasteiger partial charge in [-0.2, -0.15) is 0 Å². The Morgan fingerprint density at radius 2 is 1.89 bits per heavy atom. The summed E-state index contributed by atoms with van der Waals surface area (Å²) in [5, 5.41) is 1.33. The number of imidazole rings is 1. The number of methoxy groups -OCH3 is 1. The lowest BCUT2D eigenvalue weighted by molar-refractivity contribution is 0.0700. The zero-order valence-electron chi connectivity index (χ0n) is 26.1. The van der Waals surface area contributed by atoms with Crippen LogP contribution < -0.4 is 21.7 Å². The highest BCUT2D eigenvalue weighted by Crippen LogP contribution is 2.40. The van der Waals surface area contributed by atoms with Crippen LogP contribution in [-0.4, -0.2) is 65.6 Å². The Labute approximate surface area is 268 Å². The average Bonchev–Trinajstić information content (AvgIpc) is 3.47. The number of likely N-dealkylation sites (tertiary alicyclic amines) is 1. The Morgan fingerprint density at radius 3 is 2.64 bits per heavy atom. The molecule has 2 aromatic carbocycles. The lowest BCUT2D eigenvalue weighted by Gasteiger charge is -2.27. The number of hydrogen-bond donors (Lipinski definition) is 3. The van der Waals surface area contributed by atoms with Crippen molar-refractivity contribution in [2.75, 3.05) is 13.7 Å². The van der Waals surface area contributed by atoms with Gasteiger partial charge in [0, 0.05) is 48.7 Å². The standard InChI is InChI=1S/C35H34N8O4/c1-41-30-24(12-20(14-27(30)47-2)34(45)43-16-19-9-11-25(43)29(19)36)38-32(41)26-13-18-8-10-22(37-31(18)42(26)15-17-6-7-17)21-4-3-5-23-28(21)33(44)40-35(46)39-23/h3-5,8,10,12-14,17,19,25,29H,6-7,9,11,15-16,36H2,1-2H3,(H2,39,40,44,46)/t19-,25-,29-/m1/s1. The van der Waals surface area contributed by atoms with Gasteiger partial charge in [0.15, 0.2) is 5.82 Å². The number of aryl methyl sites for hydroxylation is 1. The van der Waals surface area contributed by atoms with Crippen LogP contribution in [0.1, 0.15) is 36.0 Å². The maximum atomic E-state index is 13.8. The maximum Gasteiger partial charge on any atom is 0.326 e. The lowest BCUT2D eigenvalue weighted by Crippen LogP contribution is -2.41. The van der Waals surface area contributed by atoms with Crippen LogP contribution in [0.4, 0.5) is 0 Å². The van der Waals surface area contributed by atoms with E-state index in [2.05, 4.69) is 20.6 Å². The monoisotopic (exact) mass is 630 g/mol. The van der Waals surface area contributed by atoms with Gasteiger partial charge in [0.25, 0.3) is 11.5 Å². The highest BCUT2D eigenvalue weighted by Gasteiger charge is 2.47. The molecule has 2 aliphatic carbocycles. The topological polar surface area (TPSA) is 157 Å². The molecule has 0 unspecified atom stereocenters. The Balaban J connectivity index is 1.18. The van der Waals surface area contributed by atoms with E-state index >= 15 is 0 Å². The first kappa shape index (κ1) is 28.0. The van der Waals surface area contributed by atoms with E-state index in [9.17, 15) is 14.4 Å². The van der Waals surface area contributed by atoms with Gasteiger partial charge in [-0.25, -0.2) is 14.8 Å². The number of carbonyl (C=O) groups excluding carboxylic acids is 1. The first-order valence-electron chi connectivity index (χ1n) is 16.2. The van der Waals surface area contributed by atoms with Gasteiger partial charge in [0.2, 0.25) is 0 Å². The number of ether oxygens (including phenoxy) is 1. The Morgan fingerprint density at radius 1 is 1.04 bits per heavy atom. The van der Waals surface area contributed by atoms with Crippen molar-refractivity contribution in [3.8, 4) is 28.5 Å². The number of rotatable bonds is 6. The average molecular weight is 631 g/mol. The predicted octanol–water partition coefficient (Wildman–Crippen LogP) is 3.77. The van der Waals surface area contributed by atoms with Crippen molar-refractivity contribution in [2.45, 2.75) is 44.3 Å². The van der Waals surface area contributed by atoms with E-state index in [1.54, 1.807) is 13.2 Å². The summed E-state index contributed by atoms with van der Waals surface area (Å²) >= 11 is 0. The number of nitrogens with two attached hydrogens (primary N) is 1. The van der Waals surface area contributed by atoms with Crippen molar-refractivity contribution in [3.05, 3.63) is 74.9 Å². The first-order valence-corrected chi connectivity index (χ1v) is 16.2. The van der Waals surface area contributed by atoms with E-state index in [1.165, 1.54) is 0 Å². The summed E-state index contributed by atoms with van der Waals surface area (Å²) in [6.07, 6.45) is 4.32. The third-order valence-corrected chi connectivity index (χ3v) is 10.5. The number of aromatic nitrogens is 6. The molecule has 6 aromatic rings. The fraction of sp³-hybridized carbons (Fsp3) is 0.343. The number of H-pyrrole nitrogens is 2. The number of benzene rings is 2. The van der Waals surface area contributed by atoms with Crippen molar-refractivity contribution in [3.63, 3.8) is 0 Å². The van der Waals surface area contributed by atoms with E-state index in [0.29, 0.717) is 57.4 Å². The number of pyridine rings is 1. The SMILES string of the molecule is COc1cc(C(=O)N2C[C@H]3CC[C@@H]2[C@@H]3N)cc2nc(-c3cc4ccc(-c5cccc6[nH]c(=O)[nH]c(=O)c56)nc4n3CC3CC3)n(C)c12. The number of fused-ring (bicyclic) bond motifs is 5. The molecule has 0 radical (unpaired) electrons. The fourth-order valence-corrected chi connectivity index (χ4v) is 7.91. The van der Waals surface area contributed by atoms with Crippen molar-refractivity contribution in [1.29, 1.82) is 0 Å². The maximum absolute atomic E-state index is 13.8. The van der Waals surface area contributed by atoms with Gasteiger partial charge < -0.3 is 29.5 Å². The fourth-order valence-electron chi connectivity index (χ4n) is 7.91. The smallest absolute Gasteiger partial charge is 0.326 e. The van der Waals surface area contributed by atoms with Crippen LogP contribution in [0, 0.1) is 11.8 Å². The molecule has 238 valence electrons. The molecule has 3 fully saturated rings. The zero-order valence-corrected chi connectivity index (χ0v) is 26.1. The normalized spacial score (nSPS) is 20.7. The first-order chi connectivity index (χ1) is 22.8. The molecule has 5 heterocycles. The summed E-state index contributed by atoms with van der Waals surface area (Å²) < 4.78 is 10.1. The van der Waals surface area contributed by atoms with E-state index in [0.717, 1.165) is 60.3 Å². The van der Waals surface area contributed by atoms with Gasteiger partial charge >= 0.3 is 5.69 Å². The molecule has 12 heteroatoms. The van der Waals surface area contributed by atoms with Crippen molar-refractivity contribution < 1.29 is 9.53 Å². The Bertz CT molecular complexity index is 2400. The molecule has 9 rings (SSSR count). The molecule has 1 aliphatic heterocycles. The van der Waals surface area contributed by atoms with Crippen LogP contribution in [-0.2, 0) is 13.6 Å². The van der Waals surface area contributed by atoms with Gasteiger partial charge in [0.05, 0.1) is 34.9 Å². The number of piperidine rings is 1. The highest BCUT2D eigenvalue weighted by molar-refractivity contribution is 6.01. The van der Waals surface area contributed by atoms with Crippen LogP contribution in [0.15, 0.2) is 58.1 Å². The molecule has 2 bridgehead atoms. The molecule has 3 atom stereocenters. The van der Waals surface area contributed by atoms with E-state index in [-0.39, 0.29) is 18.0 Å². The third kappa shape index (κ3) is 4.27. The number of nitrogens with zero attached hydrogens (tertiary/aromatic N) is 5. The van der Waals surface area contributed by atoms with Crippen LogP contribution in [0.5, 0.6) is 5.75 Å². The minimum Gasteiger partial charge on any atom is -0.494 e. The lowest BCUT2D eigenvalue weighted by atomic mass is 10.1. The predicted molar refractivity (Wildman–Crippen MR) is 178 cm³/mol. The van der Waals surface area contributed by atoms with E-state index < -0.39 is 11.2 Å². The van der Waals surface area contributed by atoms with Crippen LogP contribution in [0.25, 0.3) is 55.7 Å². The molecule has 47 heavy (non-hydrogen) atoms. The zero-order chi connectivity index (χ0) is 32.1. The van der Waals surface area contributed by atoms with Crippen molar-refractivity contribution in [1.82, 2.24) is 34.0 Å². The minimum atomic E-state index is -0.547. The molecule has 4 aromatic heterocycles. The molecule has 12 nitrogen and oxygen atoms in total. The molecule has 4 N–H and O–H groups in total. The minimum absolute atomic E-state index is 0.0315. The number of carbonyl (C=O) groups is 1. The van der Waals surface area contributed by atoms with E-state index in [1.807, 2.05) is 52.9 Å². The Kier molecular flexibility index (Phi) is 6.04. The molecular formula is C35H34N8O4. The Hall–Kier alpha value is -5.23. The number of aromatic amines is 2. The quantitative estimate of drug-likeness (QED) is 0.253. The molecule has 1 saturated heterocycles. The van der Waals surface area contributed by atoms with Gasteiger partial charge in [0.1, 0.15) is 16.9 Å². The summed E-state index contributed by atoms with van der Waals surface area (Å²) in [6.45, 7) is 1.47. The van der Waals surface area contributed by atoms with Crippen LogP contribution in [0.2, 0.25) is 0 Å². The van der Waals surface area contributed by atoms with Crippen LogP contribution >= 0.6 is 0 Å². The number of hydrogen-bond acceptors (Lipinski definition) is 7. The molecule has 2 saturated carbocycles. The summed E-state index contributed by atoms with van der Waals surface area (Å²) in [5.74, 6) is 2.20. The van der Waals surface area contributed by atoms with Gasteiger partial charge in [-0.05, 0) is 73.9 Å². The highest BCUT2D eigenvalue weighted by atomic mass is 16.5. The van der Waals surface area contributed by atoms with Gasteiger partial charge in [-0.1, -0.05) is 12.1 Å². The second kappa shape index (κ2) is 10.1. The second-order valence-corrected chi connectivity index (χ2v) is 13.3. The van der Waals surface area contributed by atoms with E-state index in [4.69, 9.17) is 20.4 Å². The summed E-state index contributed by atoms with van der Waals surface area (Å²) in [5.41, 5.74) is 10.9. The summed E-state index contributed by atoms with van der Waals surface area (Å²) in [6, 6.07) is 15.2. The largest absolute Gasteiger partial charge is 0.494 e. The summed E-state index contributed by atoms with van der Waals surface area (Å²) in [4.78, 5) is 55.8. The number of amides is 1.